The van der Waals surface area contributed by atoms with Gasteiger partial charge in [0.25, 0.3) is 0 Å². The van der Waals surface area contributed by atoms with E-state index in [9.17, 15) is 0 Å². The highest BCUT2D eigenvalue weighted by atomic mass is 16.5. The summed E-state index contributed by atoms with van der Waals surface area (Å²) < 4.78 is 9.20. The zero-order valence-electron chi connectivity index (χ0n) is 12.3. The zero-order valence-corrected chi connectivity index (χ0v) is 12.3. The molecule has 0 aliphatic carbocycles. The van der Waals surface area contributed by atoms with Gasteiger partial charge in [-0.25, -0.2) is 4.98 Å². The van der Waals surface area contributed by atoms with E-state index in [4.69, 9.17) is 11.2 Å². The van der Waals surface area contributed by atoms with Gasteiger partial charge >= 0.3 is 0 Å². The molecule has 0 unspecified atom stereocenters. The second kappa shape index (κ2) is 5.14. The van der Waals surface area contributed by atoms with Crippen LogP contribution in [0.5, 0.6) is 0 Å². The summed E-state index contributed by atoms with van der Waals surface area (Å²) in [6.45, 7) is 7.44. The highest BCUT2D eigenvalue weighted by Crippen LogP contribution is 2.26. The summed E-state index contributed by atoms with van der Waals surface area (Å²) in [6.07, 6.45) is 5.50. The SMILES string of the molecule is C#CCn1c(COCC)nc2c1c(C)c(C)n1nnnc21. The van der Waals surface area contributed by atoms with Crippen LogP contribution >= 0.6 is 0 Å². The van der Waals surface area contributed by atoms with Gasteiger partial charge in [0.1, 0.15) is 17.9 Å². The molecule has 0 atom stereocenters. The number of fused-ring (bicyclic) bond motifs is 3. The number of aromatic nitrogens is 6. The molecule has 3 aromatic heterocycles. The van der Waals surface area contributed by atoms with Crippen LogP contribution in [0.15, 0.2) is 0 Å². The lowest BCUT2D eigenvalue weighted by molar-refractivity contribution is 0.126. The Morgan fingerprint density at radius 3 is 2.86 bits per heavy atom. The second-order valence-electron chi connectivity index (χ2n) is 4.78. The number of rotatable bonds is 4. The molecule has 21 heavy (non-hydrogen) atoms. The van der Waals surface area contributed by atoms with Crippen LogP contribution in [0, 0.1) is 26.2 Å². The van der Waals surface area contributed by atoms with E-state index in [1.54, 1.807) is 4.52 Å². The number of pyridine rings is 1. The number of aryl methyl sites for hydroxylation is 2. The Balaban J connectivity index is 2.37. The van der Waals surface area contributed by atoms with Crippen molar-refractivity contribution in [3.8, 4) is 12.3 Å². The van der Waals surface area contributed by atoms with Gasteiger partial charge in [0.15, 0.2) is 0 Å². The first-order valence-corrected chi connectivity index (χ1v) is 6.76. The Hall–Kier alpha value is -2.46. The third-order valence-electron chi connectivity index (χ3n) is 3.63. The fraction of sp³-hybridized carbons (Fsp3) is 0.429. The van der Waals surface area contributed by atoms with Gasteiger partial charge in [0.2, 0.25) is 5.65 Å². The molecule has 0 radical (unpaired) electrons. The summed E-state index contributed by atoms with van der Waals surface area (Å²) in [7, 11) is 0. The Morgan fingerprint density at radius 1 is 1.33 bits per heavy atom. The molecule has 0 fully saturated rings. The van der Waals surface area contributed by atoms with Crippen molar-refractivity contribution in [2.75, 3.05) is 6.61 Å². The van der Waals surface area contributed by atoms with Crippen molar-refractivity contribution in [2.45, 2.75) is 33.9 Å². The van der Waals surface area contributed by atoms with Gasteiger partial charge in [0.05, 0.1) is 12.1 Å². The Labute approximate surface area is 121 Å². The lowest BCUT2D eigenvalue weighted by Gasteiger charge is -2.09. The van der Waals surface area contributed by atoms with Crippen LogP contribution in [-0.4, -0.2) is 36.2 Å². The summed E-state index contributed by atoms with van der Waals surface area (Å²) >= 11 is 0. The molecule has 3 aromatic rings. The molecular weight excluding hydrogens is 268 g/mol. The van der Waals surface area contributed by atoms with Gasteiger partial charge < -0.3 is 9.30 Å². The average Bonchev–Trinajstić information content (AvgIpc) is 3.08. The first-order valence-electron chi connectivity index (χ1n) is 6.76. The monoisotopic (exact) mass is 284 g/mol. The lowest BCUT2D eigenvalue weighted by Crippen LogP contribution is -2.06. The highest BCUT2D eigenvalue weighted by molar-refractivity contribution is 5.91. The van der Waals surface area contributed by atoms with E-state index in [-0.39, 0.29) is 0 Å². The van der Waals surface area contributed by atoms with Crippen molar-refractivity contribution in [3.05, 3.63) is 17.1 Å². The molecule has 7 heteroatoms. The molecule has 7 nitrogen and oxygen atoms in total. The first kappa shape index (κ1) is 13.5. The van der Waals surface area contributed by atoms with Crippen LogP contribution in [0.25, 0.3) is 16.7 Å². The third kappa shape index (κ3) is 1.96. The van der Waals surface area contributed by atoms with Crippen molar-refractivity contribution < 1.29 is 4.74 Å². The van der Waals surface area contributed by atoms with Crippen molar-refractivity contribution in [2.24, 2.45) is 0 Å². The molecule has 0 saturated carbocycles. The zero-order chi connectivity index (χ0) is 15.0. The number of terminal acetylenes is 1. The number of ether oxygens (including phenoxy) is 1. The predicted molar refractivity (Wildman–Crippen MR) is 77.7 cm³/mol. The summed E-state index contributed by atoms with van der Waals surface area (Å²) in [5, 5.41) is 11.8. The Bertz CT molecular complexity index is 854. The maximum absolute atomic E-state index is 5.50. The summed E-state index contributed by atoms with van der Waals surface area (Å²) in [5.74, 6) is 3.47. The minimum atomic E-state index is 0.416. The van der Waals surface area contributed by atoms with Gasteiger partial charge in [-0.15, -0.1) is 11.5 Å². The molecule has 0 N–H and O–H groups in total. The molecule has 0 bridgehead atoms. The van der Waals surface area contributed by atoms with E-state index in [1.807, 2.05) is 25.3 Å². The normalized spacial score (nSPS) is 11.3. The molecule has 3 heterocycles. The van der Waals surface area contributed by atoms with Crippen LogP contribution in [0.4, 0.5) is 0 Å². The maximum atomic E-state index is 5.50. The number of nitrogens with zero attached hydrogens (tertiary/aromatic N) is 6. The molecule has 0 spiro atoms. The highest BCUT2D eigenvalue weighted by Gasteiger charge is 2.19. The fourth-order valence-electron chi connectivity index (χ4n) is 2.49. The minimum Gasteiger partial charge on any atom is -0.374 e. The van der Waals surface area contributed by atoms with Crippen molar-refractivity contribution in [1.82, 2.24) is 29.6 Å². The topological polar surface area (TPSA) is 70.1 Å². The van der Waals surface area contributed by atoms with Crippen LogP contribution in [0.3, 0.4) is 0 Å². The summed E-state index contributed by atoms with van der Waals surface area (Å²) in [5.41, 5.74) is 4.41. The van der Waals surface area contributed by atoms with E-state index >= 15 is 0 Å². The van der Waals surface area contributed by atoms with Gasteiger partial charge in [0, 0.05) is 12.3 Å². The van der Waals surface area contributed by atoms with E-state index in [0.717, 1.165) is 28.1 Å². The largest absolute Gasteiger partial charge is 0.374 e. The number of hydrogen-bond acceptors (Lipinski definition) is 5. The number of imidazole rings is 1. The minimum absolute atomic E-state index is 0.416. The lowest BCUT2D eigenvalue weighted by atomic mass is 10.2. The van der Waals surface area contributed by atoms with Gasteiger partial charge in [-0.1, -0.05) is 5.92 Å². The second-order valence-corrected chi connectivity index (χ2v) is 4.78. The van der Waals surface area contributed by atoms with E-state index in [0.29, 0.717) is 25.4 Å². The quantitative estimate of drug-likeness (QED) is 0.675. The van der Waals surface area contributed by atoms with E-state index < -0.39 is 0 Å². The van der Waals surface area contributed by atoms with Gasteiger partial charge in [-0.05, 0) is 36.8 Å². The molecule has 3 rings (SSSR count). The smallest absolute Gasteiger partial charge is 0.207 e. The van der Waals surface area contributed by atoms with Crippen molar-refractivity contribution in [1.29, 1.82) is 0 Å². The Morgan fingerprint density at radius 2 is 2.14 bits per heavy atom. The molecule has 0 aliphatic rings. The van der Waals surface area contributed by atoms with Crippen LogP contribution < -0.4 is 0 Å². The van der Waals surface area contributed by atoms with Crippen molar-refractivity contribution >= 4 is 16.7 Å². The Kier molecular flexibility index (Phi) is 3.31. The molecular formula is C14H16N6O. The summed E-state index contributed by atoms with van der Waals surface area (Å²) in [6, 6.07) is 0. The first-order chi connectivity index (χ1) is 10.2. The van der Waals surface area contributed by atoms with Gasteiger partial charge in [-0.2, -0.15) is 4.52 Å². The molecule has 0 amide bonds. The molecule has 0 saturated heterocycles. The molecule has 108 valence electrons. The van der Waals surface area contributed by atoms with E-state index in [1.165, 1.54) is 0 Å². The standard InChI is InChI=1S/C14H16N6O/c1-5-7-19-11(8-21-6-2)15-12-13(19)9(3)10(4)20-14(12)16-17-18-20/h1H,6-8H2,2-4H3. The third-order valence-corrected chi connectivity index (χ3v) is 3.63. The predicted octanol–water partition coefficient (Wildman–Crippen LogP) is 1.26. The maximum Gasteiger partial charge on any atom is 0.207 e. The number of hydrogen-bond donors (Lipinski definition) is 0. The van der Waals surface area contributed by atoms with Crippen LogP contribution in [0.1, 0.15) is 24.0 Å². The van der Waals surface area contributed by atoms with Gasteiger partial charge in [-0.3, -0.25) is 0 Å². The molecule has 0 aliphatic heterocycles. The summed E-state index contributed by atoms with van der Waals surface area (Å²) in [4.78, 5) is 4.65. The van der Waals surface area contributed by atoms with E-state index in [2.05, 4.69) is 26.4 Å². The average molecular weight is 284 g/mol. The van der Waals surface area contributed by atoms with Crippen molar-refractivity contribution in [3.63, 3.8) is 0 Å². The van der Waals surface area contributed by atoms with Crippen LogP contribution in [-0.2, 0) is 17.9 Å². The molecule has 0 aromatic carbocycles. The van der Waals surface area contributed by atoms with Crippen LogP contribution in [0.2, 0.25) is 0 Å². The fourth-order valence-corrected chi connectivity index (χ4v) is 2.49. The number of tetrazole rings is 1.